The summed E-state index contributed by atoms with van der Waals surface area (Å²) in [7, 11) is 32.4. The lowest BCUT2D eigenvalue weighted by atomic mass is 9.59. The fraction of sp³-hybridized carbons (Fsp3) is 0.0526. The van der Waals surface area contributed by atoms with Crippen LogP contribution in [0, 0.1) is 0 Å². The molecule has 0 aliphatic carbocycles. The molecule has 0 aliphatic heterocycles. The predicted octanol–water partition coefficient (Wildman–Crippen LogP) is -1.03. The first-order valence-corrected chi connectivity index (χ1v) is 7.90. The van der Waals surface area contributed by atoms with Gasteiger partial charge in [0.25, 0.3) is 0 Å². The van der Waals surface area contributed by atoms with Crippen molar-refractivity contribution >= 4 is 88.4 Å². The average Bonchev–Trinajstić information content (AvgIpc) is 2.91. The SMILES string of the molecule is [B]c1c([B])c([B])c(-c2ccc3c(c2)c2ccccc2n3C)c([B])c1[B]. The van der Waals surface area contributed by atoms with Crippen molar-refractivity contribution < 1.29 is 0 Å². The summed E-state index contributed by atoms with van der Waals surface area (Å²) >= 11 is 0. The summed E-state index contributed by atoms with van der Waals surface area (Å²) in [4.78, 5) is 0. The maximum Gasteiger partial charge on any atom is 0.113 e. The van der Waals surface area contributed by atoms with Crippen molar-refractivity contribution in [1.29, 1.82) is 0 Å². The minimum absolute atomic E-state index is 0.227. The lowest BCUT2D eigenvalue weighted by molar-refractivity contribution is 1.01. The molecule has 0 aliphatic rings. The van der Waals surface area contributed by atoms with Crippen LogP contribution in [0.1, 0.15) is 0 Å². The highest BCUT2D eigenvalue weighted by atomic mass is 14.9. The van der Waals surface area contributed by atoms with Crippen molar-refractivity contribution in [3.8, 4) is 11.1 Å². The molecule has 10 radical (unpaired) electrons. The lowest BCUT2D eigenvalue weighted by Crippen LogP contribution is -2.55. The van der Waals surface area contributed by atoms with Crippen LogP contribution in [0.4, 0.5) is 0 Å². The molecule has 1 aromatic heterocycles. The second-order valence-corrected chi connectivity index (χ2v) is 6.25. The van der Waals surface area contributed by atoms with Gasteiger partial charge in [-0.15, -0.1) is 16.4 Å². The van der Waals surface area contributed by atoms with Gasteiger partial charge in [-0.2, -0.15) is 0 Å². The predicted molar refractivity (Wildman–Crippen MR) is 113 cm³/mol. The Balaban J connectivity index is 2.09. The Hall–Kier alpha value is -2.22. The number of hydrogen-bond acceptors (Lipinski definition) is 0. The van der Waals surface area contributed by atoms with Crippen LogP contribution in [0.25, 0.3) is 32.9 Å². The third-order valence-electron chi connectivity index (χ3n) is 4.90. The van der Waals surface area contributed by atoms with Gasteiger partial charge in [-0.05, 0) is 29.3 Å². The van der Waals surface area contributed by atoms with Gasteiger partial charge in [0.2, 0.25) is 0 Å². The fourth-order valence-electron chi connectivity index (χ4n) is 3.48. The monoisotopic (exact) mass is 307 g/mol. The van der Waals surface area contributed by atoms with Crippen LogP contribution < -0.4 is 27.3 Å². The maximum absolute atomic E-state index is 6.20. The number of nitrogens with zero attached hydrogens (tertiary/aromatic N) is 1. The van der Waals surface area contributed by atoms with Crippen LogP contribution in [0.2, 0.25) is 0 Å². The van der Waals surface area contributed by atoms with Gasteiger partial charge in [-0.3, -0.25) is 0 Å². The van der Waals surface area contributed by atoms with E-state index in [4.69, 9.17) is 39.2 Å². The van der Waals surface area contributed by atoms with Crippen LogP contribution in [0.3, 0.4) is 0 Å². The summed E-state index contributed by atoms with van der Waals surface area (Å²) in [6.07, 6.45) is 0. The van der Waals surface area contributed by atoms with E-state index in [0.717, 1.165) is 27.4 Å². The highest BCUT2D eigenvalue weighted by Crippen LogP contribution is 2.30. The zero-order chi connectivity index (χ0) is 17.9. The molecule has 6 heteroatoms. The molecule has 0 saturated carbocycles. The van der Waals surface area contributed by atoms with Crippen molar-refractivity contribution in [3.63, 3.8) is 0 Å². The number of aryl methyl sites for hydroxylation is 1. The maximum atomic E-state index is 6.20. The molecule has 4 aromatic rings. The Morgan fingerprint density at radius 2 is 1.20 bits per heavy atom. The van der Waals surface area contributed by atoms with E-state index in [2.05, 4.69) is 22.8 Å². The quantitative estimate of drug-likeness (QED) is 0.396. The minimum Gasteiger partial charge on any atom is -0.344 e. The zero-order valence-corrected chi connectivity index (χ0v) is 13.9. The van der Waals surface area contributed by atoms with E-state index >= 15 is 0 Å². The second-order valence-electron chi connectivity index (χ2n) is 6.25. The van der Waals surface area contributed by atoms with E-state index in [9.17, 15) is 0 Å². The first kappa shape index (κ1) is 16.3. The fourth-order valence-corrected chi connectivity index (χ4v) is 3.48. The lowest BCUT2D eigenvalue weighted by Gasteiger charge is -2.21. The Morgan fingerprint density at radius 3 is 1.88 bits per heavy atom. The smallest absolute Gasteiger partial charge is 0.113 e. The number of rotatable bonds is 1. The molecule has 0 amide bonds. The third kappa shape index (κ3) is 2.23. The van der Waals surface area contributed by atoms with E-state index in [1.807, 2.05) is 31.3 Å². The van der Waals surface area contributed by atoms with Gasteiger partial charge in [-0.25, -0.2) is 0 Å². The molecule has 106 valence electrons. The number of benzene rings is 3. The Bertz CT molecular complexity index is 1130. The number of fused-ring (bicyclic) bond motifs is 3. The van der Waals surface area contributed by atoms with Crippen LogP contribution in [-0.2, 0) is 7.05 Å². The molecule has 3 aromatic carbocycles. The highest BCUT2D eigenvalue weighted by molar-refractivity contribution is 6.68. The highest BCUT2D eigenvalue weighted by Gasteiger charge is 2.14. The van der Waals surface area contributed by atoms with Crippen molar-refractivity contribution in [2.75, 3.05) is 0 Å². The first-order chi connectivity index (χ1) is 11.9. The van der Waals surface area contributed by atoms with Gasteiger partial charge < -0.3 is 4.57 Å². The molecule has 1 heterocycles. The molecule has 4 rings (SSSR count). The van der Waals surface area contributed by atoms with Crippen molar-refractivity contribution in [1.82, 2.24) is 4.57 Å². The van der Waals surface area contributed by atoms with Gasteiger partial charge >= 0.3 is 0 Å². The third-order valence-corrected chi connectivity index (χ3v) is 4.90. The summed E-state index contributed by atoms with van der Waals surface area (Å²) in [5, 5.41) is 2.28. The molecule has 0 fully saturated rings. The van der Waals surface area contributed by atoms with Gasteiger partial charge in [-0.1, -0.05) is 35.2 Å². The van der Waals surface area contributed by atoms with Gasteiger partial charge in [0.1, 0.15) is 39.2 Å². The molecule has 25 heavy (non-hydrogen) atoms. The first-order valence-electron chi connectivity index (χ1n) is 7.90. The van der Waals surface area contributed by atoms with Gasteiger partial charge in [0.15, 0.2) is 0 Å². The summed E-state index contributed by atoms with van der Waals surface area (Å²) in [6.45, 7) is 0. The summed E-state index contributed by atoms with van der Waals surface area (Å²) in [6, 6.07) is 14.3. The van der Waals surface area contributed by atoms with Crippen molar-refractivity contribution in [3.05, 3.63) is 42.5 Å². The van der Waals surface area contributed by atoms with E-state index in [1.165, 1.54) is 0 Å². The number of para-hydroxylation sites is 1. The van der Waals surface area contributed by atoms with E-state index in [1.54, 1.807) is 0 Å². The van der Waals surface area contributed by atoms with Gasteiger partial charge in [0.05, 0.1) is 0 Å². The standard InChI is InChI=1S/C19H10B5N/c1-25-12-5-3-2-4-10(12)11-8-9(6-7-13(11)25)14-15(20)17(22)19(24)18(23)16(14)21/h2-8H,1H3. The summed E-state index contributed by atoms with van der Waals surface area (Å²) < 4.78 is 2.16. The molecule has 0 unspecified atom stereocenters. The largest absolute Gasteiger partial charge is 0.344 e. The van der Waals surface area contributed by atoms with E-state index < -0.39 is 0 Å². The normalized spacial score (nSPS) is 11.4. The minimum atomic E-state index is 0.227. The summed E-state index contributed by atoms with van der Waals surface area (Å²) in [5.74, 6) is 0. The molecule has 1 nitrogen and oxygen atoms in total. The molecule has 0 saturated heterocycles. The second kappa shape index (κ2) is 5.66. The van der Waals surface area contributed by atoms with Crippen LogP contribution >= 0.6 is 0 Å². The summed E-state index contributed by atoms with van der Waals surface area (Å²) in [5.41, 5.74) is 5.22. The average molecular weight is 306 g/mol. The van der Waals surface area contributed by atoms with Gasteiger partial charge in [0, 0.05) is 28.9 Å². The van der Waals surface area contributed by atoms with Crippen molar-refractivity contribution in [2.24, 2.45) is 7.05 Å². The van der Waals surface area contributed by atoms with E-state index in [0.29, 0.717) is 16.5 Å². The molecule has 0 N–H and O–H groups in total. The number of aromatic nitrogens is 1. The Labute approximate surface area is 153 Å². The molecular weight excluding hydrogens is 296 g/mol. The van der Waals surface area contributed by atoms with Crippen LogP contribution in [-0.4, -0.2) is 43.8 Å². The molecule has 0 atom stereocenters. The topological polar surface area (TPSA) is 4.93 Å². The number of hydrogen-bond donors (Lipinski definition) is 0. The van der Waals surface area contributed by atoms with Crippen molar-refractivity contribution in [2.45, 2.75) is 0 Å². The van der Waals surface area contributed by atoms with E-state index in [-0.39, 0.29) is 16.4 Å². The van der Waals surface area contributed by atoms with Crippen LogP contribution in [0.5, 0.6) is 0 Å². The molecule has 0 spiro atoms. The zero-order valence-electron chi connectivity index (χ0n) is 13.9. The molecular formula is C19H10B5N. The Morgan fingerprint density at radius 1 is 0.640 bits per heavy atom. The van der Waals surface area contributed by atoms with Crippen LogP contribution in [0.15, 0.2) is 42.5 Å². The molecule has 0 bridgehead atoms. The Kier molecular flexibility index (Phi) is 3.68.